The Hall–Kier alpha value is -8.46. The zero-order chi connectivity index (χ0) is 44.6. The van der Waals surface area contributed by atoms with Gasteiger partial charge < -0.3 is 9.47 Å². The van der Waals surface area contributed by atoms with Crippen LogP contribution in [0.3, 0.4) is 0 Å². The molecule has 0 radical (unpaired) electrons. The van der Waals surface area contributed by atoms with Crippen molar-refractivity contribution < 1.29 is 0 Å². The molecule has 0 amide bonds. The van der Waals surface area contributed by atoms with Crippen molar-refractivity contribution in [3.63, 3.8) is 0 Å². The van der Waals surface area contributed by atoms with Gasteiger partial charge in [-0.05, 0) is 138 Å². The van der Waals surface area contributed by atoms with E-state index in [2.05, 4.69) is 266 Å². The number of benzene rings is 11. The Morgan fingerprint density at radius 2 is 0.925 bits per heavy atom. The number of aromatic nitrogens is 1. The minimum absolute atomic E-state index is 0.0554. The van der Waals surface area contributed by atoms with Crippen LogP contribution in [0.2, 0.25) is 0 Å². The number of rotatable bonds is 7. The highest BCUT2D eigenvalue weighted by atomic mass is 15.1. The zero-order valence-electron chi connectivity index (χ0n) is 37.5. The maximum absolute atomic E-state index is 2.43. The predicted octanol–water partition coefficient (Wildman–Crippen LogP) is 17.9. The molecule has 0 saturated heterocycles. The monoisotopic (exact) mass is 854 g/mol. The molecule has 0 N–H and O–H groups in total. The lowest BCUT2D eigenvalue weighted by Gasteiger charge is -2.28. The summed E-state index contributed by atoms with van der Waals surface area (Å²) < 4.78 is 2.38. The van der Waals surface area contributed by atoms with E-state index in [9.17, 15) is 0 Å². The number of para-hydroxylation sites is 3. The molecule has 0 unspecified atom stereocenters. The van der Waals surface area contributed by atoms with Gasteiger partial charge in [0.25, 0.3) is 0 Å². The molecule has 2 heteroatoms. The summed E-state index contributed by atoms with van der Waals surface area (Å²) in [6, 6.07) is 89.4. The van der Waals surface area contributed by atoms with Gasteiger partial charge in [0.15, 0.2) is 0 Å². The van der Waals surface area contributed by atoms with E-state index in [0.29, 0.717) is 0 Å². The third kappa shape index (κ3) is 6.25. The minimum atomic E-state index is -0.0554. The summed E-state index contributed by atoms with van der Waals surface area (Å²) in [5, 5.41) is 7.57. The molecule has 0 fully saturated rings. The summed E-state index contributed by atoms with van der Waals surface area (Å²) in [6.45, 7) is 4.70. The lowest BCUT2D eigenvalue weighted by Crippen LogP contribution is -2.14. The molecule has 13 rings (SSSR count). The second-order valence-corrected chi connectivity index (χ2v) is 18.5. The Morgan fingerprint density at radius 1 is 0.328 bits per heavy atom. The number of hydrogen-bond donors (Lipinski definition) is 0. The first kappa shape index (κ1) is 39.0. The van der Waals surface area contributed by atoms with E-state index in [1.807, 2.05) is 0 Å². The zero-order valence-corrected chi connectivity index (χ0v) is 37.5. The van der Waals surface area contributed by atoms with Crippen molar-refractivity contribution in [2.24, 2.45) is 0 Å². The van der Waals surface area contributed by atoms with E-state index >= 15 is 0 Å². The molecule has 0 saturated carbocycles. The summed E-state index contributed by atoms with van der Waals surface area (Å²) >= 11 is 0. The number of fused-ring (bicyclic) bond motifs is 9. The van der Waals surface area contributed by atoms with Crippen molar-refractivity contribution in [2.45, 2.75) is 19.3 Å². The van der Waals surface area contributed by atoms with Gasteiger partial charge in [-0.25, -0.2) is 0 Å². The lowest BCUT2D eigenvalue weighted by molar-refractivity contribution is 0.660. The highest BCUT2D eigenvalue weighted by Gasteiger charge is 2.35. The fraction of sp³-hybridized carbons (Fsp3) is 0.0462. The Bertz CT molecular complexity index is 3870. The first-order valence-electron chi connectivity index (χ1n) is 23.3. The molecule has 0 aliphatic heterocycles. The maximum atomic E-state index is 2.43. The van der Waals surface area contributed by atoms with Gasteiger partial charge in [0.05, 0.1) is 16.7 Å². The van der Waals surface area contributed by atoms with Crippen LogP contribution in [-0.2, 0) is 5.41 Å². The van der Waals surface area contributed by atoms with E-state index in [1.165, 1.54) is 105 Å². The largest absolute Gasteiger partial charge is 0.310 e. The molecule has 12 aromatic rings. The van der Waals surface area contributed by atoms with Crippen molar-refractivity contribution in [3.8, 4) is 50.2 Å². The minimum Gasteiger partial charge on any atom is -0.310 e. The van der Waals surface area contributed by atoms with Gasteiger partial charge >= 0.3 is 0 Å². The summed E-state index contributed by atoms with van der Waals surface area (Å²) in [7, 11) is 0. The van der Waals surface area contributed by atoms with Crippen LogP contribution in [0, 0.1) is 0 Å². The van der Waals surface area contributed by atoms with Gasteiger partial charge in [0.1, 0.15) is 0 Å². The number of hydrogen-bond acceptors (Lipinski definition) is 1. The molecule has 1 heterocycles. The van der Waals surface area contributed by atoms with Gasteiger partial charge in [0.2, 0.25) is 0 Å². The van der Waals surface area contributed by atoms with Gasteiger partial charge in [-0.1, -0.05) is 190 Å². The van der Waals surface area contributed by atoms with Gasteiger partial charge in [-0.15, -0.1) is 0 Å². The van der Waals surface area contributed by atoms with Crippen LogP contribution >= 0.6 is 0 Å². The summed E-state index contributed by atoms with van der Waals surface area (Å²) in [5.74, 6) is 0. The van der Waals surface area contributed by atoms with Crippen molar-refractivity contribution in [1.29, 1.82) is 0 Å². The SMILES string of the molecule is CC1(C)c2ccccc2-c2cc(-c3ccccc3N(c3ccc(-c4ccc5c(c4)c4ccccc4n5-c4ccccc4)cc3)c3ccc(-c4cccc5c4ccc4ccccc45)cc3)ccc21. The van der Waals surface area contributed by atoms with Gasteiger partial charge in [-0.2, -0.15) is 0 Å². The highest BCUT2D eigenvalue weighted by molar-refractivity contribution is 6.12. The topological polar surface area (TPSA) is 8.17 Å². The van der Waals surface area contributed by atoms with Crippen LogP contribution in [0.1, 0.15) is 25.0 Å². The van der Waals surface area contributed by atoms with Crippen LogP contribution in [0.5, 0.6) is 0 Å². The quantitative estimate of drug-likeness (QED) is 0.145. The summed E-state index contributed by atoms with van der Waals surface area (Å²) in [6.07, 6.45) is 0. The molecule has 0 spiro atoms. The van der Waals surface area contributed by atoms with Crippen LogP contribution in [0.25, 0.3) is 93.5 Å². The Kier molecular flexibility index (Phi) is 8.91. The van der Waals surface area contributed by atoms with Crippen LogP contribution in [-0.4, -0.2) is 4.57 Å². The molecule has 1 aliphatic rings. The van der Waals surface area contributed by atoms with Gasteiger partial charge in [0, 0.05) is 38.8 Å². The predicted molar refractivity (Wildman–Crippen MR) is 284 cm³/mol. The molecule has 1 aliphatic carbocycles. The second kappa shape index (κ2) is 15.3. The highest BCUT2D eigenvalue weighted by Crippen LogP contribution is 2.51. The average Bonchev–Trinajstić information content (AvgIpc) is 3.84. The fourth-order valence-corrected chi connectivity index (χ4v) is 11.1. The molecule has 1 aromatic heterocycles. The van der Waals surface area contributed by atoms with Crippen LogP contribution < -0.4 is 4.90 Å². The molecule has 0 atom stereocenters. The standard InChI is InChI=1S/C65H46N2/c1-65(2)60-24-11-8-20-56(60)58-42-47(32-39-61(58)65)53-19-9-12-25-62(53)66(50-36-29-45(30-37-50)52-22-14-23-54-51-18-7-6-15-44(51)31-38-55(52)54)49-34-27-43(28-35-49)46-33-40-64-59(41-46)57-21-10-13-26-63(57)67(64)48-16-4-3-5-17-48/h3-42H,1-2H3. The Balaban J connectivity index is 0.937. The van der Waals surface area contributed by atoms with E-state index in [4.69, 9.17) is 0 Å². The third-order valence-corrected chi connectivity index (χ3v) is 14.4. The Morgan fingerprint density at radius 3 is 1.75 bits per heavy atom. The van der Waals surface area contributed by atoms with Gasteiger partial charge in [-0.3, -0.25) is 0 Å². The van der Waals surface area contributed by atoms with E-state index in [0.717, 1.165) is 17.1 Å². The second-order valence-electron chi connectivity index (χ2n) is 18.5. The van der Waals surface area contributed by atoms with E-state index in [-0.39, 0.29) is 5.41 Å². The first-order valence-corrected chi connectivity index (χ1v) is 23.3. The fourth-order valence-electron chi connectivity index (χ4n) is 11.1. The number of nitrogens with zero attached hydrogens (tertiary/aromatic N) is 2. The number of anilines is 3. The average molecular weight is 855 g/mol. The molecular weight excluding hydrogens is 809 g/mol. The molecule has 316 valence electrons. The van der Waals surface area contributed by atoms with Crippen molar-refractivity contribution in [2.75, 3.05) is 4.90 Å². The normalized spacial score (nSPS) is 12.7. The van der Waals surface area contributed by atoms with Crippen molar-refractivity contribution >= 4 is 60.4 Å². The maximum Gasteiger partial charge on any atom is 0.0541 e. The van der Waals surface area contributed by atoms with Crippen molar-refractivity contribution in [3.05, 3.63) is 254 Å². The smallest absolute Gasteiger partial charge is 0.0541 e. The molecular formula is C65H46N2. The molecule has 67 heavy (non-hydrogen) atoms. The third-order valence-electron chi connectivity index (χ3n) is 14.4. The van der Waals surface area contributed by atoms with Crippen molar-refractivity contribution in [1.82, 2.24) is 4.57 Å². The van der Waals surface area contributed by atoms with Crippen LogP contribution in [0.15, 0.2) is 243 Å². The molecule has 0 bridgehead atoms. The van der Waals surface area contributed by atoms with Crippen LogP contribution in [0.4, 0.5) is 17.1 Å². The Labute approximate surface area is 391 Å². The molecule has 2 nitrogen and oxygen atoms in total. The summed E-state index contributed by atoms with van der Waals surface area (Å²) in [4.78, 5) is 2.43. The van der Waals surface area contributed by atoms with E-state index < -0.39 is 0 Å². The van der Waals surface area contributed by atoms with E-state index in [1.54, 1.807) is 0 Å². The summed E-state index contributed by atoms with van der Waals surface area (Å²) in [5.41, 5.74) is 19.4. The first-order chi connectivity index (χ1) is 33.0. The molecule has 11 aromatic carbocycles. The lowest BCUT2D eigenvalue weighted by atomic mass is 9.82.